The third kappa shape index (κ3) is 2.69. The van der Waals surface area contributed by atoms with Crippen LogP contribution >= 0.6 is 0 Å². The minimum atomic E-state index is -1.00. The van der Waals surface area contributed by atoms with E-state index in [4.69, 9.17) is 9.52 Å². The molecule has 3 rings (SSSR count). The molecule has 0 aliphatic carbocycles. The predicted molar refractivity (Wildman–Crippen MR) is 85.4 cm³/mol. The Labute approximate surface area is 126 Å². The molecule has 2 aromatic carbocycles. The Balaban J connectivity index is 1.87. The number of hydrogen-bond acceptors (Lipinski definition) is 4. The first-order valence-corrected chi connectivity index (χ1v) is 6.77. The molecular formula is C17H14N2O3. The largest absolute Gasteiger partial charge is 0.478 e. The van der Waals surface area contributed by atoms with Gasteiger partial charge >= 0.3 is 5.97 Å². The highest BCUT2D eigenvalue weighted by Crippen LogP contribution is 2.20. The lowest BCUT2D eigenvalue weighted by atomic mass is 10.2. The topological polar surface area (TPSA) is 74.8 Å². The highest BCUT2D eigenvalue weighted by atomic mass is 16.4. The second kappa shape index (κ2) is 5.73. The molecule has 0 spiro atoms. The lowest BCUT2D eigenvalue weighted by Gasteiger charge is -2.05. The first kappa shape index (κ1) is 13.9. The third-order valence-corrected chi connectivity index (χ3v) is 3.28. The van der Waals surface area contributed by atoms with Crippen LogP contribution in [0.1, 0.15) is 23.0 Å². The molecule has 5 heteroatoms. The van der Waals surface area contributed by atoms with Gasteiger partial charge in [-0.25, -0.2) is 4.79 Å². The summed E-state index contributed by atoms with van der Waals surface area (Å²) in [6.07, 6.45) is 0. The average molecular weight is 294 g/mol. The number of aromatic carboxylic acids is 1. The van der Waals surface area contributed by atoms with E-state index in [1.165, 1.54) is 6.07 Å². The summed E-state index contributed by atoms with van der Waals surface area (Å²) in [7, 11) is 0. The van der Waals surface area contributed by atoms with Crippen LogP contribution in [0.3, 0.4) is 0 Å². The number of hydrazone groups is 1. The van der Waals surface area contributed by atoms with Gasteiger partial charge < -0.3 is 9.52 Å². The summed E-state index contributed by atoms with van der Waals surface area (Å²) in [4.78, 5) is 11.1. The molecule has 0 bridgehead atoms. The van der Waals surface area contributed by atoms with Crippen molar-refractivity contribution in [1.82, 2.24) is 0 Å². The molecule has 110 valence electrons. The lowest BCUT2D eigenvalue weighted by Crippen LogP contribution is -2.04. The molecule has 1 aromatic heterocycles. The molecule has 0 radical (unpaired) electrons. The van der Waals surface area contributed by atoms with Crippen molar-refractivity contribution in [3.8, 4) is 0 Å². The molecule has 0 unspecified atom stereocenters. The summed E-state index contributed by atoms with van der Waals surface area (Å²) < 4.78 is 5.71. The quantitative estimate of drug-likeness (QED) is 0.564. The Morgan fingerprint density at radius 2 is 1.86 bits per heavy atom. The van der Waals surface area contributed by atoms with Crippen molar-refractivity contribution in [2.45, 2.75) is 6.92 Å². The van der Waals surface area contributed by atoms with Crippen molar-refractivity contribution in [2.24, 2.45) is 5.10 Å². The van der Waals surface area contributed by atoms with E-state index in [1.807, 2.05) is 30.3 Å². The summed E-state index contributed by atoms with van der Waals surface area (Å²) in [6, 6.07) is 16.2. The van der Waals surface area contributed by atoms with Gasteiger partial charge in [-0.2, -0.15) is 5.10 Å². The van der Waals surface area contributed by atoms with Crippen LogP contribution in [-0.2, 0) is 0 Å². The molecule has 0 fully saturated rings. The number of carbonyl (C=O) groups is 1. The van der Waals surface area contributed by atoms with E-state index in [0.29, 0.717) is 17.2 Å². The van der Waals surface area contributed by atoms with Gasteiger partial charge in [-0.15, -0.1) is 0 Å². The monoisotopic (exact) mass is 294 g/mol. The molecule has 0 amide bonds. The highest BCUT2D eigenvalue weighted by Gasteiger charge is 2.09. The van der Waals surface area contributed by atoms with Gasteiger partial charge in [0.2, 0.25) is 0 Å². The number of fused-ring (bicyclic) bond motifs is 1. The van der Waals surface area contributed by atoms with Gasteiger partial charge in [-0.3, -0.25) is 5.43 Å². The number of para-hydroxylation sites is 2. The Morgan fingerprint density at radius 3 is 2.64 bits per heavy atom. The van der Waals surface area contributed by atoms with Crippen LogP contribution in [0, 0.1) is 0 Å². The maximum atomic E-state index is 11.1. The Hall–Kier alpha value is -3.08. The smallest absolute Gasteiger partial charge is 0.337 e. The molecule has 3 aromatic rings. The summed E-state index contributed by atoms with van der Waals surface area (Å²) in [5.41, 5.74) is 4.82. The van der Waals surface area contributed by atoms with Gasteiger partial charge in [-0.1, -0.05) is 30.3 Å². The molecular weight excluding hydrogens is 280 g/mol. The molecule has 5 nitrogen and oxygen atoms in total. The zero-order valence-corrected chi connectivity index (χ0v) is 11.9. The minimum Gasteiger partial charge on any atom is -0.478 e. The van der Waals surface area contributed by atoms with Gasteiger partial charge in [0.25, 0.3) is 0 Å². The van der Waals surface area contributed by atoms with E-state index in [9.17, 15) is 4.79 Å². The van der Waals surface area contributed by atoms with E-state index in [2.05, 4.69) is 10.5 Å². The fourth-order valence-electron chi connectivity index (χ4n) is 2.13. The summed E-state index contributed by atoms with van der Waals surface area (Å²) in [6.45, 7) is 1.80. The molecule has 0 aliphatic heterocycles. The van der Waals surface area contributed by atoms with Crippen molar-refractivity contribution in [2.75, 3.05) is 5.43 Å². The van der Waals surface area contributed by atoms with Crippen LogP contribution in [0.2, 0.25) is 0 Å². The molecule has 0 aliphatic rings. The molecule has 2 N–H and O–H groups in total. The number of carboxylic acids is 1. The molecule has 0 saturated heterocycles. The van der Waals surface area contributed by atoms with Crippen LogP contribution in [0.15, 0.2) is 64.1 Å². The van der Waals surface area contributed by atoms with Crippen molar-refractivity contribution in [3.05, 3.63) is 65.9 Å². The fraction of sp³-hybridized carbons (Fsp3) is 0.0588. The Morgan fingerprint density at radius 1 is 1.14 bits per heavy atom. The lowest BCUT2D eigenvalue weighted by molar-refractivity contribution is 0.0698. The van der Waals surface area contributed by atoms with E-state index in [-0.39, 0.29) is 5.56 Å². The summed E-state index contributed by atoms with van der Waals surface area (Å²) in [5, 5.41) is 14.3. The van der Waals surface area contributed by atoms with Crippen LogP contribution in [0.5, 0.6) is 0 Å². The number of anilines is 1. The number of nitrogens with zero attached hydrogens (tertiary/aromatic N) is 1. The van der Waals surface area contributed by atoms with Crippen LogP contribution < -0.4 is 5.43 Å². The van der Waals surface area contributed by atoms with E-state index in [0.717, 1.165) is 11.0 Å². The van der Waals surface area contributed by atoms with E-state index in [1.54, 1.807) is 25.1 Å². The normalized spacial score (nSPS) is 11.6. The van der Waals surface area contributed by atoms with Crippen LogP contribution in [-0.4, -0.2) is 16.8 Å². The maximum Gasteiger partial charge on any atom is 0.337 e. The van der Waals surface area contributed by atoms with Gasteiger partial charge in [0, 0.05) is 5.39 Å². The van der Waals surface area contributed by atoms with Gasteiger partial charge in [-0.05, 0) is 31.2 Å². The van der Waals surface area contributed by atoms with Gasteiger partial charge in [0.1, 0.15) is 11.3 Å². The zero-order valence-electron chi connectivity index (χ0n) is 11.9. The van der Waals surface area contributed by atoms with Crippen molar-refractivity contribution in [1.29, 1.82) is 0 Å². The highest BCUT2D eigenvalue weighted by molar-refractivity contribution is 6.00. The first-order valence-electron chi connectivity index (χ1n) is 6.77. The standard InChI is InChI=1S/C17H14N2O3/c1-11(16-10-12-6-2-5-9-15(12)22-16)18-19-14-8-4-3-7-13(14)17(20)21/h2-10,19H,1H3,(H,20,21)/b18-11+. The Kier molecular flexibility index (Phi) is 3.62. The van der Waals surface area contributed by atoms with Crippen molar-refractivity contribution >= 4 is 28.3 Å². The van der Waals surface area contributed by atoms with E-state index >= 15 is 0 Å². The van der Waals surface area contributed by atoms with Crippen molar-refractivity contribution in [3.63, 3.8) is 0 Å². The molecule has 0 saturated carbocycles. The van der Waals surface area contributed by atoms with Crippen LogP contribution in [0.25, 0.3) is 11.0 Å². The fourth-order valence-corrected chi connectivity index (χ4v) is 2.13. The first-order chi connectivity index (χ1) is 10.6. The Bertz CT molecular complexity index is 832. The maximum absolute atomic E-state index is 11.1. The van der Waals surface area contributed by atoms with E-state index < -0.39 is 5.97 Å². The number of carboxylic acid groups (broad SMARTS) is 1. The number of nitrogens with one attached hydrogen (secondary N) is 1. The summed E-state index contributed by atoms with van der Waals surface area (Å²) >= 11 is 0. The number of hydrogen-bond donors (Lipinski definition) is 2. The molecule has 1 heterocycles. The number of furan rings is 1. The molecule has 0 atom stereocenters. The average Bonchev–Trinajstić information content (AvgIpc) is 2.97. The second-order valence-corrected chi connectivity index (χ2v) is 4.81. The third-order valence-electron chi connectivity index (χ3n) is 3.28. The number of rotatable bonds is 4. The van der Waals surface area contributed by atoms with Crippen molar-refractivity contribution < 1.29 is 14.3 Å². The predicted octanol–water partition coefficient (Wildman–Crippen LogP) is 3.97. The van der Waals surface area contributed by atoms with Gasteiger partial charge in [0.15, 0.2) is 5.76 Å². The van der Waals surface area contributed by atoms with Gasteiger partial charge in [0.05, 0.1) is 11.3 Å². The van der Waals surface area contributed by atoms with Crippen LogP contribution in [0.4, 0.5) is 5.69 Å². The zero-order chi connectivity index (χ0) is 15.5. The second-order valence-electron chi connectivity index (χ2n) is 4.81. The number of benzene rings is 2. The molecule has 22 heavy (non-hydrogen) atoms. The SMILES string of the molecule is C/C(=N\Nc1ccccc1C(=O)O)c1cc2ccccc2o1. The summed E-state index contributed by atoms with van der Waals surface area (Å²) in [5.74, 6) is -0.360. The minimum absolute atomic E-state index is 0.170.